The van der Waals surface area contributed by atoms with Crippen molar-refractivity contribution in [2.45, 2.75) is 13.0 Å². The molecular formula is C15H16N4O2. The van der Waals surface area contributed by atoms with Crippen molar-refractivity contribution in [3.8, 4) is 0 Å². The van der Waals surface area contributed by atoms with Crippen LogP contribution in [0.1, 0.15) is 17.4 Å². The van der Waals surface area contributed by atoms with Crippen molar-refractivity contribution in [1.29, 1.82) is 0 Å². The van der Waals surface area contributed by atoms with Crippen LogP contribution < -0.4 is 11.1 Å². The van der Waals surface area contributed by atoms with Gasteiger partial charge in [-0.25, -0.2) is 4.98 Å². The van der Waals surface area contributed by atoms with Crippen LogP contribution in [0.3, 0.4) is 0 Å². The summed E-state index contributed by atoms with van der Waals surface area (Å²) in [5.41, 5.74) is 7.46. The fourth-order valence-electron chi connectivity index (χ4n) is 2.52. The van der Waals surface area contributed by atoms with Crippen LogP contribution in [0.2, 0.25) is 0 Å². The number of benzene rings is 1. The van der Waals surface area contributed by atoms with Crippen LogP contribution >= 0.6 is 0 Å². The molecule has 2 amide bonds. The average molecular weight is 284 g/mol. The molecular weight excluding hydrogens is 268 g/mol. The zero-order valence-electron chi connectivity index (χ0n) is 11.7. The number of nitrogen functional groups attached to an aromatic ring is 1. The molecule has 1 unspecified atom stereocenters. The number of hydrogen-bond donors (Lipinski definition) is 2. The van der Waals surface area contributed by atoms with Gasteiger partial charge in [0.15, 0.2) is 0 Å². The van der Waals surface area contributed by atoms with E-state index in [4.69, 9.17) is 5.73 Å². The van der Waals surface area contributed by atoms with Gasteiger partial charge in [0, 0.05) is 24.2 Å². The molecule has 1 saturated heterocycles. The van der Waals surface area contributed by atoms with Crippen LogP contribution in [-0.2, 0) is 4.79 Å². The Labute approximate surface area is 121 Å². The number of hydrogen-bond acceptors (Lipinski definition) is 4. The second kappa shape index (κ2) is 5.05. The lowest BCUT2D eigenvalue weighted by Gasteiger charge is -2.32. The van der Waals surface area contributed by atoms with Gasteiger partial charge in [0.2, 0.25) is 5.91 Å². The number of nitrogens with two attached hydrogens (primary N) is 1. The number of carbonyl (C=O) groups excluding carboxylic acids is 2. The van der Waals surface area contributed by atoms with Crippen molar-refractivity contribution in [2.24, 2.45) is 0 Å². The molecule has 1 aliphatic heterocycles. The number of piperazine rings is 1. The number of pyridine rings is 1. The van der Waals surface area contributed by atoms with E-state index >= 15 is 0 Å². The third-order valence-corrected chi connectivity index (χ3v) is 3.73. The standard InChI is InChI=1S/C15H16N4O2/c1-9-14(20)17-6-7-19(9)15(21)13-8-11(16)10-4-2-3-5-12(10)18-13/h2-5,8-9H,6-7H2,1H3,(H2,16,18)(H,17,20). The van der Waals surface area contributed by atoms with Gasteiger partial charge in [0.1, 0.15) is 11.7 Å². The summed E-state index contributed by atoms with van der Waals surface area (Å²) in [5.74, 6) is -0.418. The Balaban J connectivity index is 2.00. The second-order valence-electron chi connectivity index (χ2n) is 5.08. The van der Waals surface area contributed by atoms with Gasteiger partial charge in [-0.05, 0) is 19.1 Å². The van der Waals surface area contributed by atoms with E-state index in [1.807, 2.05) is 24.3 Å². The molecule has 0 spiro atoms. The van der Waals surface area contributed by atoms with E-state index in [1.165, 1.54) is 4.90 Å². The quantitative estimate of drug-likeness (QED) is 0.810. The Hall–Kier alpha value is -2.63. The zero-order valence-corrected chi connectivity index (χ0v) is 11.7. The molecule has 1 aromatic carbocycles. The van der Waals surface area contributed by atoms with Crippen molar-refractivity contribution in [3.05, 3.63) is 36.0 Å². The Morgan fingerprint density at radius 2 is 2.19 bits per heavy atom. The number of nitrogens with zero attached hydrogens (tertiary/aromatic N) is 2. The molecule has 2 aromatic rings. The molecule has 3 N–H and O–H groups in total. The molecule has 0 bridgehead atoms. The first-order valence-corrected chi connectivity index (χ1v) is 6.82. The molecule has 0 aliphatic carbocycles. The molecule has 1 aliphatic rings. The van der Waals surface area contributed by atoms with Crippen LogP contribution in [0, 0.1) is 0 Å². The van der Waals surface area contributed by atoms with Crippen molar-refractivity contribution < 1.29 is 9.59 Å². The lowest BCUT2D eigenvalue weighted by atomic mass is 10.1. The highest BCUT2D eigenvalue weighted by atomic mass is 16.2. The predicted molar refractivity (Wildman–Crippen MR) is 79.7 cm³/mol. The monoisotopic (exact) mass is 284 g/mol. The molecule has 0 radical (unpaired) electrons. The minimum absolute atomic E-state index is 0.150. The predicted octanol–water partition coefficient (Wildman–Crippen LogP) is 0.777. The van der Waals surface area contributed by atoms with Gasteiger partial charge in [-0.2, -0.15) is 0 Å². The zero-order chi connectivity index (χ0) is 15.0. The van der Waals surface area contributed by atoms with Crippen molar-refractivity contribution in [3.63, 3.8) is 0 Å². The fourth-order valence-corrected chi connectivity index (χ4v) is 2.52. The highest BCUT2D eigenvalue weighted by molar-refractivity contribution is 6.01. The summed E-state index contributed by atoms with van der Waals surface area (Å²) in [6.07, 6.45) is 0. The molecule has 108 valence electrons. The first kappa shape index (κ1) is 13.4. The van der Waals surface area contributed by atoms with Crippen molar-refractivity contribution in [1.82, 2.24) is 15.2 Å². The van der Waals surface area contributed by atoms with Gasteiger partial charge < -0.3 is 16.0 Å². The summed E-state index contributed by atoms with van der Waals surface area (Å²) in [5, 5.41) is 3.55. The minimum Gasteiger partial charge on any atom is -0.398 e. The van der Waals surface area contributed by atoms with E-state index in [0.717, 1.165) is 5.39 Å². The van der Waals surface area contributed by atoms with Crippen LogP contribution in [0.25, 0.3) is 10.9 Å². The first-order chi connectivity index (χ1) is 10.1. The number of fused-ring (bicyclic) bond motifs is 1. The molecule has 6 nitrogen and oxygen atoms in total. The Kier molecular flexibility index (Phi) is 3.21. The lowest BCUT2D eigenvalue weighted by Crippen LogP contribution is -2.55. The van der Waals surface area contributed by atoms with Gasteiger partial charge in [-0.3, -0.25) is 9.59 Å². The number of rotatable bonds is 1. The van der Waals surface area contributed by atoms with Crippen LogP contribution in [0.4, 0.5) is 5.69 Å². The number of aromatic nitrogens is 1. The van der Waals surface area contributed by atoms with E-state index < -0.39 is 6.04 Å². The van der Waals surface area contributed by atoms with Gasteiger partial charge in [0.25, 0.3) is 5.91 Å². The highest BCUT2D eigenvalue weighted by Gasteiger charge is 2.30. The van der Waals surface area contributed by atoms with Gasteiger partial charge in [-0.1, -0.05) is 18.2 Å². The average Bonchev–Trinajstić information content (AvgIpc) is 2.49. The Morgan fingerprint density at radius 3 is 3.00 bits per heavy atom. The van der Waals surface area contributed by atoms with Crippen LogP contribution in [0.5, 0.6) is 0 Å². The molecule has 1 aromatic heterocycles. The molecule has 6 heteroatoms. The SMILES string of the molecule is CC1C(=O)NCCN1C(=O)c1cc(N)c2ccccc2n1. The van der Waals surface area contributed by atoms with Crippen molar-refractivity contribution >= 4 is 28.4 Å². The normalized spacial score (nSPS) is 18.6. The molecule has 3 rings (SSSR count). The summed E-state index contributed by atoms with van der Waals surface area (Å²) in [6, 6.07) is 8.47. The molecule has 1 atom stereocenters. The van der Waals surface area contributed by atoms with Gasteiger partial charge in [-0.15, -0.1) is 0 Å². The van der Waals surface area contributed by atoms with Crippen LogP contribution in [0.15, 0.2) is 30.3 Å². The van der Waals surface area contributed by atoms with E-state index in [-0.39, 0.29) is 17.5 Å². The molecule has 21 heavy (non-hydrogen) atoms. The number of para-hydroxylation sites is 1. The maximum Gasteiger partial charge on any atom is 0.273 e. The maximum absolute atomic E-state index is 12.6. The minimum atomic E-state index is -0.499. The Bertz CT molecular complexity index is 729. The smallest absolute Gasteiger partial charge is 0.273 e. The third kappa shape index (κ3) is 2.29. The second-order valence-corrected chi connectivity index (χ2v) is 5.08. The topological polar surface area (TPSA) is 88.3 Å². The summed E-state index contributed by atoms with van der Waals surface area (Å²) in [7, 11) is 0. The third-order valence-electron chi connectivity index (χ3n) is 3.73. The summed E-state index contributed by atoms with van der Waals surface area (Å²) >= 11 is 0. The number of amides is 2. The first-order valence-electron chi connectivity index (χ1n) is 6.82. The Morgan fingerprint density at radius 1 is 1.43 bits per heavy atom. The molecule has 1 fully saturated rings. The maximum atomic E-state index is 12.6. The number of carbonyl (C=O) groups is 2. The largest absolute Gasteiger partial charge is 0.398 e. The highest BCUT2D eigenvalue weighted by Crippen LogP contribution is 2.21. The van der Waals surface area contributed by atoms with Gasteiger partial charge in [0.05, 0.1) is 5.52 Å². The molecule has 0 saturated carbocycles. The van der Waals surface area contributed by atoms with Gasteiger partial charge >= 0.3 is 0 Å². The van der Waals surface area contributed by atoms with E-state index in [2.05, 4.69) is 10.3 Å². The number of nitrogens with one attached hydrogen (secondary N) is 1. The summed E-state index contributed by atoms with van der Waals surface area (Å²) in [4.78, 5) is 30.1. The summed E-state index contributed by atoms with van der Waals surface area (Å²) in [6.45, 7) is 2.63. The van der Waals surface area contributed by atoms with E-state index in [1.54, 1.807) is 13.0 Å². The lowest BCUT2D eigenvalue weighted by molar-refractivity contribution is -0.127. The number of anilines is 1. The summed E-state index contributed by atoms with van der Waals surface area (Å²) < 4.78 is 0. The van der Waals surface area contributed by atoms with Crippen LogP contribution in [-0.4, -0.2) is 40.8 Å². The molecule has 2 heterocycles. The van der Waals surface area contributed by atoms with Crippen molar-refractivity contribution in [2.75, 3.05) is 18.8 Å². The fraction of sp³-hybridized carbons (Fsp3) is 0.267. The van der Waals surface area contributed by atoms with E-state index in [9.17, 15) is 9.59 Å². The van der Waals surface area contributed by atoms with E-state index in [0.29, 0.717) is 24.3 Å².